The second-order valence-electron chi connectivity index (χ2n) is 9.70. The Morgan fingerprint density at radius 2 is 1.64 bits per heavy atom. The summed E-state index contributed by atoms with van der Waals surface area (Å²) in [6, 6.07) is 0. The molecule has 2 aliphatic carbocycles. The average Bonchev–Trinajstić information content (AvgIpc) is 2.53. The van der Waals surface area contributed by atoms with Gasteiger partial charge < -0.3 is 14.2 Å². The predicted octanol–water partition coefficient (Wildman–Crippen LogP) is 4.62. The van der Waals surface area contributed by atoms with Gasteiger partial charge in [-0.05, 0) is 31.1 Å². The Hall–Kier alpha value is -0.870. The van der Waals surface area contributed by atoms with Crippen molar-refractivity contribution in [2.45, 2.75) is 85.0 Å². The molecule has 0 aromatic rings. The first-order valence-corrected chi connectivity index (χ1v) is 9.65. The molecule has 0 aromatic heterocycles. The van der Waals surface area contributed by atoms with E-state index in [-0.39, 0.29) is 28.3 Å². The lowest BCUT2D eigenvalue weighted by Crippen LogP contribution is -2.57. The molecular weight excluding hydrogens is 316 g/mol. The van der Waals surface area contributed by atoms with Crippen molar-refractivity contribution in [3.8, 4) is 0 Å². The molecule has 4 nitrogen and oxygen atoms in total. The molecule has 0 N–H and O–H groups in total. The van der Waals surface area contributed by atoms with E-state index < -0.39 is 5.79 Å². The molecule has 2 spiro atoms. The van der Waals surface area contributed by atoms with E-state index in [0.717, 1.165) is 51.7 Å². The fourth-order valence-corrected chi connectivity index (χ4v) is 5.16. The Morgan fingerprint density at radius 3 is 2.16 bits per heavy atom. The van der Waals surface area contributed by atoms with Crippen molar-refractivity contribution in [1.82, 2.24) is 0 Å². The van der Waals surface area contributed by atoms with Crippen LogP contribution < -0.4 is 0 Å². The van der Waals surface area contributed by atoms with Gasteiger partial charge in [-0.25, -0.2) is 0 Å². The van der Waals surface area contributed by atoms with Crippen molar-refractivity contribution >= 4 is 5.97 Å². The maximum absolute atomic E-state index is 11.6. The van der Waals surface area contributed by atoms with Crippen molar-refractivity contribution in [2.24, 2.45) is 16.2 Å². The highest BCUT2D eigenvalue weighted by Gasteiger charge is 2.58. The Morgan fingerprint density at radius 1 is 1.08 bits per heavy atom. The molecule has 1 heterocycles. The highest BCUT2D eigenvalue weighted by Crippen LogP contribution is 2.62. The highest BCUT2D eigenvalue weighted by molar-refractivity contribution is 5.66. The number of hydrogen-bond donors (Lipinski definition) is 0. The third-order valence-electron chi connectivity index (χ3n) is 7.05. The molecule has 1 saturated heterocycles. The smallest absolute Gasteiger partial charge is 0.302 e. The van der Waals surface area contributed by atoms with Crippen molar-refractivity contribution in [2.75, 3.05) is 13.2 Å². The number of esters is 1. The average molecular weight is 350 g/mol. The summed E-state index contributed by atoms with van der Waals surface area (Å²) < 4.78 is 18.1. The summed E-state index contributed by atoms with van der Waals surface area (Å²) in [7, 11) is 0. The highest BCUT2D eigenvalue weighted by atomic mass is 16.7. The zero-order valence-electron chi connectivity index (χ0n) is 16.6. The lowest BCUT2D eigenvalue weighted by Gasteiger charge is -2.59. The van der Waals surface area contributed by atoms with Crippen LogP contribution in [0.3, 0.4) is 0 Å². The first-order valence-electron chi connectivity index (χ1n) is 9.65. The molecular formula is C21H34O4. The van der Waals surface area contributed by atoms with Gasteiger partial charge in [0.15, 0.2) is 5.79 Å². The van der Waals surface area contributed by atoms with Gasteiger partial charge in [-0.2, -0.15) is 0 Å². The van der Waals surface area contributed by atoms with Crippen LogP contribution in [0.15, 0.2) is 12.2 Å². The number of carbonyl (C=O) groups excluding carboxylic acids is 1. The summed E-state index contributed by atoms with van der Waals surface area (Å²) in [4.78, 5) is 11.6. The molecule has 0 bridgehead atoms. The van der Waals surface area contributed by atoms with Crippen molar-refractivity contribution in [1.29, 1.82) is 0 Å². The fraction of sp³-hybridized carbons (Fsp3) is 0.857. The summed E-state index contributed by atoms with van der Waals surface area (Å²) in [5.41, 5.74) is 1.28. The standard InChI is InChI=1S/C21H34O4/c1-15-7-8-17(25-16(2)22)19(5,6)20(15)9-11-21(12-10-20)23-13-18(3,4)14-24-21/h17H,1,7-14H2,2-6H3. The molecule has 0 aromatic carbocycles. The first-order chi connectivity index (χ1) is 11.5. The van der Waals surface area contributed by atoms with Crippen LogP contribution in [0.5, 0.6) is 0 Å². The zero-order chi connectivity index (χ0) is 18.5. The van der Waals surface area contributed by atoms with E-state index in [9.17, 15) is 4.79 Å². The normalized spacial score (nSPS) is 32.5. The van der Waals surface area contributed by atoms with E-state index in [1.807, 2.05) is 0 Å². The third-order valence-corrected chi connectivity index (χ3v) is 7.05. The summed E-state index contributed by atoms with van der Waals surface area (Å²) in [6.45, 7) is 16.3. The van der Waals surface area contributed by atoms with Crippen LogP contribution in [-0.4, -0.2) is 31.1 Å². The second kappa shape index (κ2) is 6.09. The van der Waals surface area contributed by atoms with Crippen molar-refractivity contribution in [3.63, 3.8) is 0 Å². The van der Waals surface area contributed by atoms with Crippen LogP contribution >= 0.6 is 0 Å². The van der Waals surface area contributed by atoms with Crippen LogP contribution in [0.2, 0.25) is 0 Å². The Kier molecular flexibility index (Phi) is 4.61. The maximum Gasteiger partial charge on any atom is 0.302 e. The lowest BCUT2D eigenvalue weighted by atomic mass is 9.49. The van der Waals surface area contributed by atoms with Crippen LogP contribution in [0.25, 0.3) is 0 Å². The molecule has 0 amide bonds. The van der Waals surface area contributed by atoms with E-state index in [0.29, 0.717) is 0 Å². The first kappa shape index (κ1) is 18.9. The van der Waals surface area contributed by atoms with Gasteiger partial charge in [-0.15, -0.1) is 0 Å². The quantitative estimate of drug-likeness (QED) is 0.511. The van der Waals surface area contributed by atoms with Gasteiger partial charge in [-0.1, -0.05) is 39.8 Å². The van der Waals surface area contributed by atoms with Gasteiger partial charge in [0.05, 0.1) is 13.2 Å². The SMILES string of the molecule is C=C1CCC(OC(C)=O)C(C)(C)C12CCC1(CC2)OCC(C)(C)CO1. The van der Waals surface area contributed by atoms with Crippen molar-refractivity contribution in [3.05, 3.63) is 12.2 Å². The van der Waals surface area contributed by atoms with Crippen molar-refractivity contribution < 1.29 is 19.0 Å². The minimum atomic E-state index is -0.425. The summed E-state index contributed by atoms with van der Waals surface area (Å²) in [5, 5.41) is 0. The monoisotopic (exact) mass is 350 g/mol. The largest absolute Gasteiger partial charge is 0.462 e. The fourth-order valence-electron chi connectivity index (χ4n) is 5.16. The zero-order valence-corrected chi connectivity index (χ0v) is 16.6. The molecule has 3 fully saturated rings. The Bertz CT molecular complexity index is 540. The number of ether oxygens (including phenoxy) is 3. The molecule has 1 atom stereocenters. The van der Waals surface area contributed by atoms with E-state index >= 15 is 0 Å². The van der Waals surface area contributed by atoms with Crippen LogP contribution in [0.1, 0.15) is 73.1 Å². The predicted molar refractivity (Wildman–Crippen MR) is 97.0 cm³/mol. The van der Waals surface area contributed by atoms with E-state index in [2.05, 4.69) is 34.3 Å². The summed E-state index contributed by atoms with van der Waals surface area (Å²) in [6.07, 6.45) is 5.50. The maximum atomic E-state index is 11.6. The van der Waals surface area contributed by atoms with Gasteiger partial charge in [0, 0.05) is 30.6 Å². The molecule has 1 unspecified atom stereocenters. The Labute approximate surface area is 152 Å². The Balaban J connectivity index is 1.78. The van der Waals surface area contributed by atoms with Gasteiger partial charge in [0.1, 0.15) is 6.10 Å². The molecule has 1 aliphatic heterocycles. The van der Waals surface area contributed by atoms with Gasteiger partial charge in [0.25, 0.3) is 0 Å². The number of hydrogen-bond acceptors (Lipinski definition) is 4. The lowest BCUT2D eigenvalue weighted by molar-refractivity contribution is -0.320. The van der Waals surface area contributed by atoms with Crippen LogP contribution in [0.4, 0.5) is 0 Å². The third kappa shape index (κ3) is 3.16. The molecule has 25 heavy (non-hydrogen) atoms. The molecule has 3 aliphatic rings. The van der Waals surface area contributed by atoms with Crippen LogP contribution in [0, 0.1) is 16.2 Å². The number of carbonyl (C=O) groups is 1. The summed E-state index contributed by atoms with van der Waals surface area (Å²) in [5.74, 6) is -0.611. The minimum absolute atomic E-state index is 0.00367. The van der Waals surface area contributed by atoms with Gasteiger partial charge in [-0.3, -0.25) is 4.79 Å². The molecule has 2 saturated carbocycles. The van der Waals surface area contributed by atoms with Crippen LogP contribution in [-0.2, 0) is 19.0 Å². The van der Waals surface area contributed by atoms with E-state index in [1.165, 1.54) is 12.5 Å². The van der Waals surface area contributed by atoms with E-state index in [1.54, 1.807) is 0 Å². The molecule has 4 heteroatoms. The molecule has 0 radical (unpaired) electrons. The number of rotatable bonds is 1. The number of allylic oxidation sites excluding steroid dienone is 1. The summed E-state index contributed by atoms with van der Waals surface area (Å²) >= 11 is 0. The van der Waals surface area contributed by atoms with Gasteiger partial charge in [0.2, 0.25) is 0 Å². The minimum Gasteiger partial charge on any atom is -0.462 e. The second-order valence-corrected chi connectivity index (χ2v) is 9.70. The molecule has 142 valence electrons. The van der Waals surface area contributed by atoms with Gasteiger partial charge >= 0.3 is 5.97 Å². The van der Waals surface area contributed by atoms with E-state index in [4.69, 9.17) is 14.2 Å². The topological polar surface area (TPSA) is 44.8 Å². The molecule has 3 rings (SSSR count).